The fraction of sp³-hybridized carbons (Fsp3) is 0.333. The summed E-state index contributed by atoms with van der Waals surface area (Å²) in [6, 6.07) is 8.35. The summed E-state index contributed by atoms with van der Waals surface area (Å²) in [5.74, 6) is 1.48. The van der Waals surface area contributed by atoms with E-state index in [4.69, 9.17) is 16.3 Å². The molecule has 1 aromatic carbocycles. The third kappa shape index (κ3) is 4.47. The lowest BCUT2D eigenvalue weighted by atomic mass is 10.1. The molecule has 0 aliphatic carbocycles. The van der Waals surface area contributed by atoms with Gasteiger partial charge < -0.3 is 4.74 Å². The van der Waals surface area contributed by atoms with Crippen LogP contribution in [0.5, 0.6) is 0 Å². The standard InChI is InChI=1S/C15H17ClN2OS/c1-10-4-11(2)6-12(5-10)9-20-15-7-13(16)17-14(18-15)8-19-3/h4-7H,8-9H2,1-3H3. The molecule has 2 rings (SSSR count). The number of aryl methyl sites for hydroxylation is 2. The van der Waals surface area contributed by atoms with Crippen molar-refractivity contribution in [1.29, 1.82) is 0 Å². The number of methoxy groups -OCH3 is 1. The topological polar surface area (TPSA) is 35.0 Å². The molecule has 3 nitrogen and oxygen atoms in total. The lowest BCUT2D eigenvalue weighted by Gasteiger charge is -2.06. The third-order valence-corrected chi connectivity index (χ3v) is 3.84. The van der Waals surface area contributed by atoms with Crippen LogP contribution in [0, 0.1) is 13.8 Å². The summed E-state index contributed by atoms with van der Waals surface area (Å²) in [5.41, 5.74) is 3.85. The maximum atomic E-state index is 6.00. The van der Waals surface area contributed by atoms with Crippen molar-refractivity contribution < 1.29 is 4.74 Å². The summed E-state index contributed by atoms with van der Waals surface area (Å²) in [6.45, 7) is 4.59. The second kappa shape index (κ2) is 7.07. The van der Waals surface area contributed by atoms with Gasteiger partial charge in [-0.15, -0.1) is 11.8 Å². The Morgan fingerprint density at radius 2 is 1.80 bits per heavy atom. The summed E-state index contributed by atoms with van der Waals surface area (Å²) in [7, 11) is 1.62. The van der Waals surface area contributed by atoms with Crippen LogP contribution in [0.2, 0.25) is 5.15 Å². The van der Waals surface area contributed by atoms with Gasteiger partial charge in [0.05, 0.1) is 0 Å². The van der Waals surface area contributed by atoms with Crippen LogP contribution >= 0.6 is 23.4 Å². The molecule has 0 atom stereocenters. The highest BCUT2D eigenvalue weighted by Gasteiger charge is 2.05. The quantitative estimate of drug-likeness (QED) is 0.613. The average Bonchev–Trinajstić information content (AvgIpc) is 2.35. The van der Waals surface area contributed by atoms with Gasteiger partial charge in [-0.25, -0.2) is 9.97 Å². The van der Waals surface area contributed by atoms with Gasteiger partial charge in [-0.05, 0) is 19.4 Å². The first-order chi connectivity index (χ1) is 9.56. The molecule has 0 aliphatic heterocycles. The molecule has 0 amide bonds. The Morgan fingerprint density at radius 1 is 1.10 bits per heavy atom. The van der Waals surface area contributed by atoms with E-state index in [1.54, 1.807) is 24.9 Å². The van der Waals surface area contributed by atoms with E-state index in [-0.39, 0.29) is 0 Å². The predicted molar refractivity (Wildman–Crippen MR) is 83.2 cm³/mol. The number of thioether (sulfide) groups is 1. The SMILES string of the molecule is COCc1nc(Cl)cc(SCc2cc(C)cc(C)c2)n1. The Morgan fingerprint density at radius 3 is 2.45 bits per heavy atom. The van der Waals surface area contributed by atoms with Gasteiger partial charge in [-0.1, -0.05) is 40.9 Å². The first kappa shape index (κ1) is 15.3. The highest BCUT2D eigenvalue weighted by atomic mass is 35.5. The number of nitrogens with zero attached hydrogens (tertiary/aromatic N) is 2. The number of aromatic nitrogens is 2. The predicted octanol–water partition coefficient (Wildman–Crippen LogP) is 4.19. The summed E-state index contributed by atoms with van der Waals surface area (Å²) in [4.78, 5) is 8.55. The minimum absolute atomic E-state index is 0.373. The molecule has 1 heterocycles. The lowest BCUT2D eigenvalue weighted by Crippen LogP contribution is -1.98. The van der Waals surface area contributed by atoms with Gasteiger partial charge >= 0.3 is 0 Å². The van der Waals surface area contributed by atoms with Crippen molar-refractivity contribution in [2.24, 2.45) is 0 Å². The second-order valence-corrected chi connectivity index (χ2v) is 6.05. The summed E-state index contributed by atoms with van der Waals surface area (Å²) >= 11 is 7.65. The van der Waals surface area contributed by atoms with Crippen molar-refractivity contribution in [2.75, 3.05) is 7.11 Å². The van der Waals surface area contributed by atoms with E-state index < -0.39 is 0 Å². The van der Waals surface area contributed by atoms with E-state index >= 15 is 0 Å². The van der Waals surface area contributed by atoms with Crippen molar-refractivity contribution in [3.63, 3.8) is 0 Å². The van der Waals surface area contributed by atoms with E-state index in [1.807, 2.05) is 0 Å². The summed E-state index contributed by atoms with van der Waals surface area (Å²) < 4.78 is 5.04. The van der Waals surface area contributed by atoms with E-state index in [1.165, 1.54) is 16.7 Å². The van der Waals surface area contributed by atoms with Gasteiger partial charge in [-0.2, -0.15) is 0 Å². The van der Waals surface area contributed by atoms with Crippen LogP contribution in [0.3, 0.4) is 0 Å². The molecule has 0 saturated heterocycles. The molecule has 106 valence electrons. The fourth-order valence-corrected chi connectivity index (χ4v) is 3.13. The molecule has 0 fully saturated rings. The molecule has 0 N–H and O–H groups in total. The van der Waals surface area contributed by atoms with Gasteiger partial charge in [0.25, 0.3) is 0 Å². The first-order valence-electron chi connectivity index (χ1n) is 6.29. The largest absolute Gasteiger partial charge is 0.377 e. The molecule has 2 aromatic rings. The first-order valence-corrected chi connectivity index (χ1v) is 7.65. The molecule has 0 radical (unpaired) electrons. The molecule has 1 aromatic heterocycles. The number of benzene rings is 1. The fourth-order valence-electron chi connectivity index (χ4n) is 2.02. The van der Waals surface area contributed by atoms with Crippen molar-refractivity contribution in [1.82, 2.24) is 9.97 Å². The van der Waals surface area contributed by atoms with E-state index in [0.717, 1.165) is 10.8 Å². The molecular weight excluding hydrogens is 292 g/mol. The molecular formula is C15H17ClN2OS. The minimum Gasteiger partial charge on any atom is -0.377 e. The van der Waals surface area contributed by atoms with Gasteiger partial charge in [-0.3, -0.25) is 0 Å². The van der Waals surface area contributed by atoms with Crippen molar-refractivity contribution >= 4 is 23.4 Å². The third-order valence-electron chi connectivity index (χ3n) is 2.66. The Kier molecular flexibility index (Phi) is 5.40. The van der Waals surface area contributed by atoms with E-state index in [9.17, 15) is 0 Å². The number of rotatable bonds is 5. The zero-order valence-electron chi connectivity index (χ0n) is 11.8. The van der Waals surface area contributed by atoms with Crippen LogP contribution < -0.4 is 0 Å². The molecule has 5 heteroatoms. The molecule has 0 unspecified atom stereocenters. The highest BCUT2D eigenvalue weighted by molar-refractivity contribution is 7.98. The molecule has 0 bridgehead atoms. The molecule has 20 heavy (non-hydrogen) atoms. The van der Waals surface area contributed by atoms with Gasteiger partial charge in [0.2, 0.25) is 0 Å². The van der Waals surface area contributed by atoms with Crippen LogP contribution in [-0.4, -0.2) is 17.1 Å². The molecule has 0 spiro atoms. The maximum absolute atomic E-state index is 6.00. The normalized spacial score (nSPS) is 10.8. The number of halogens is 1. The smallest absolute Gasteiger partial charge is 0.156 e. The molecule has 0 saturated carbocycles. The van der Waals surface area contributed by atoms with Crippen LogP contribution in [-0.2, 0) is 17.1 Å². The Bertz CT molecular complexity index is 584. The van der Waals surface area contributed by atoms with Crippen LogP contribution in [0.25, 0.3) is 0 Å². The van der Waals surface area contributed by atoms with Crippen molar-refractivity contribution in [2.45, 2.75) is 31.2 Å². The van der Waals surface area contributed by atoms with Crippen molar-refractivity contribution in [3.8, 4) is 0 Å². The Balaban J connectivity index is 2.10. The van der Waals surface area contributed by atoms with Gasteiger partial charge in [0.1, 0.15) is 16.8 Å². The number of ether oxygens (including phenoxy) is 1. The Labute approximate surface area is 128 Å². The zero-order chi connectivity index (χ0) is 14.5. The molecule has 0 aliphatic rings. The van der Waals surface area contributed by atoms with Gasteiger partial charge in [0.15, 0.2) is 5.82 Å². The van der Waals surface area contributed by atoms with Crippen LogP contribution in [0.15, 0.2) is 29.3 Å². The Hall–Kier alpha value is -1.10. The van der Waals surface area contributed by atoms with Crippen molar-refractivity contribution in [3.05, 3.63) is 51.9 Å². The summed E-state index contributed by atoms with van der Waals surface area (Å²) in [5, 5.41) is 1.33. The summed E-state index contributed by atoms with van der Waals surface area (Å²) in [6.07, 6.45) is 0. The van der Waals surface area contributed by atoms with E-state index in [2.05, 4.69) is 42.0 Å². The lowest BCUT2D eigenvalue weighted by molar-refractivity contribution is 0.177. The maximum Gasteiger partial charge on any atom is 0.156 e. The number of hydrogen-bond donors (Lipinski definition) is 0. The van der Waals surface area contributed by atoms with Crippen LogP contribution in [0.4, 0.5) is 0 Å². The van der Waals surface area contributed by atoms with E-state index in [0.29, 0.717) is 17.6 Å². The van der Waals surface area contributed by atoms with Crippen LogP contribution in [0.1, 0.15) is 22.5 Å². The highest BCUT2D eigenvalue weighted by Crippen LogP contribution is 2.24. The number of hydrogen-bond acceptors (Lipinski definition) is 4. The minimum atomic E-state index is 0.373. The average molecular weight is 309 g/mol. The second-order valence-electron chi connectivity index (χ2n) is 4.66. The zero-order valence-corrected chi connectivity index (χ0v) is 13.4. The van der Waals surface area contributed by atoms with Gasteiger partial charge in [0, 0.05) is 18.9 Å². The monoisotopic (exact) mass is 308 g/mol.